The SMILES string of the molecule is CC1CC1.OCCC1CO1. The van der Waals surface area contributed by atoms with Crippen molar-refractivity contribution in [1.82, 2.24) is 0 Å². The highest BCUT2D eigenvalue weighted by Crippen LogP contribution is 2.26. The van der Waals surface area contributed by atoms with Crippen LogP contribution >= 0.6 is 0 Å². The largest absolute Gasteiger partial charge is 0.396 e. The van der Waals surface area contributed by atoms with E-state index in [1.54, 1.807) is 0 Å². The summed E-state index contributed by atoms with van der Waals surface area (Å²) in [5, 5.41) is 8.20. The third-order valence-electron chi connectivity index (χ3n) is 1.72. The third kappa shape index (κ3) is 4.77. The van der Waals surface area contributed by atoms with Crippen molar-refractivity contribution in [3.8, 4) is 0 Å². The van der Waals surface area contributed by atoms with Crippen LogP contribution in [0.1, 0.15) is 26.2 Å². The molecule has 1 N–H and O–H groups in total. The van der Waals surface area contributed by atoms with Gasteiger partial charge in [0.05, 0.1) is 12.7 Å². The van der Waals surface area contributed by atoms with E-state index in [0.29, 0.717) is 6.10 Å². The van der Waals surface area contributed by atoms with Crippen LogP contribution in [0.2, 0.25) is 0 Å². The Labute approximate surface area is 62.2 Å². The van der Waals surface area contributed by atoms with E-state index < -0.39 is 0 Å². The molecule has 2 rings (SSSR count). The van der Waals surface area contributed by atoms with Crippen LogP contribution < -0.4 is 0 Å². The van der Waals surface area contributed by atoms with Gasteiger partial charge in [-0.2, -0.15) is 0 Å². The lowest BCUT2D eigenvalue weighted by Crippen LogP contribution is -1.88. The minimum atomic E-state index is 0.269. The highest BCUT2D eigenvalue weighted by atomic mass is 16.6. The molecule has 0 bridgehead atoms. The van der Waals surface area contributed by atoms with Crippen LogP contribution in [0.4, 0.5) is 0 Å². The zero-order chi connectivity index (χ0) is 7.40. The van der Waals surface area contributed by atoms with E-state index in [-0.39, 0.29) is 6.61 Å². The van der Waals surface area contributed by atoms with Gasteiger partial charge in [0.15, 0.2) is 0 Å². The molecule has 2 heteroatoms. The molecule has 2 aliphatic rings. The van der Waals surface area contributed by atoms with Crippen LogP contribution in [0.15, 0.2) is 0 Å². The molecule has 1 saturated carbocycles. The lowest BCUT2D eigenvalue weighted by Gasteiger charge is -1.80. The fourth-order valence-electron chi connectivity index (χ4n) is 0.545. The summed E-state index contributed by atoms with van der Waals surface area (Å²) in [5.41, 5.74) is 0. The summed E-state index contributed by atoms with van der Waals surface area (Å²) in [7, 11) is 0. The molecule has 60 valence electrons. The zero-order valence-electron chi connectivity index (χ0n) is 6.55. The molecule has 2 fully saturated rings. The van der Waals surface area contributed by atoms with Gasteiger partial charge in [0.1, 0.15) is 0 Å². The number of hydrogen-bond acceptors (Lipinski definition) is 2. The maximum Gasteiger partial charge on any atom is 0.0831 e. The van der Waals surface area contributed by atoms with E-state index in [9.17, 15) is 0 Å². The van der Waals surface area contributed by atoms with Crippen molar-refractivity contribution in [2.45, 2.75) is 32.3 Å². The molecule has 0 radical (unpaired) electrons. The van der Waals surface area contributed by atoms with E-state index in [4.69, 9.17) is 9.84 Å². The Morgan fingerprint density at radius 1 is 1.50 bits per heavy atom. The molecule has 1 heterocycles. The van der Waals surface area contributed by atoms with Gasteiger partial charge >= 0.3 is 0 Å². The predicted octanol–water partition coefficient (Wildman–Crippen LogP) is 1.18. The maximum atomic E-state index is 8.20. The van der Waals surface area contributed by atoms with Gasteiger partial charge in [-0.05, 0) is 12.3 Å². The van der Waals surface area contributed by atoms with Crippen LogP contribution in [-0.2, 0) is 4.74 Å². The second kappa shape index (κ2) is 3.94. The Kier molecular flexibility index (Phi) is 3.16. The topological polar surface area (TPSA) is 32.8 Å². The Morgan fingerprint density at radius 2 is 2.00 bits per heavy atom. The summed E-state index contributed by atoms with van der Waals surface area (Å²) in [4.78, 5) is 0. The molecule has 0 aromatic heterocycles. The van der Waals surface area contributed by atoms with Gasteiger partial charge in [-0.15, -0.1) is 0 Å². The van der Waals surface area contributed by atoms with Gasteiger partial charge in [-0.25, -0.2) is 0 Å². The molecule has 1 aliphatic carbocycles. The van der Waals surface area contributed by atoms with Crippen molar-refractivity contribution in [2.75, 3.05) is 13.2 Å². The van der Waals surface area contributed by atoms with Crippen molar-refractivity contribution in [2.24, 2.45) is 5.92 Å². The molecule has 0 aromatic carbocycles. The Hall–Kier alpha value is -0.0800. The first kappa shape index (κ1) is 8.02. The first-order chi connectivity index (χ1) is 4.83. The Balaban J connectivity index is 0.000000108. The maximum absolute atomic E-state index is 8.20. The van der Waals surface area contributed by atoms with E-state index in [1.165, 1.54) is 12.8 Å². The van der Waals surface area contributed by atoms with Crippen LogP contribution in [0.5, 0.6) is 0 Å². The summed E-state index contributed by atoms with van der Waals surface area (Å²) >= 11 is 0. The van der Waals surface area contributed by atoms with Crippen molar-refractivity contribution in [3.63, 3.8) is 0 Å². The average molecular weight is 144 g/mol. The molecule has 1 atom stereocenters. The third-order valence-corrected chi connectivity index (χ3v) is 1.72. The van der Waals surface area contributed by atoms with Gasteiger partial charge in [-0.3, -0.25) is 0 Å². The number of aliphatic hydroxyl groups excluding tert-OH is 1. The van der Waals surface area contributed by atoms with E-state index in [1.807, 2.05) is 0 Å². The zero-order valence-corrected chi connectivity index (χ0v) is 6.55. The summed E-state index contributed by atoms with van der Waals surface area (Å²) in [6.45, 7) is 3.41. The second-order valence-corrected chi connectivity index (χ2v) is 3.15. The van der Waals surface area contributed by atoms with Gasteiger partial charge in [0.2, 0.25) is 0 Å². The van der Waals surface area contributed by atoms with E-state index in [0.717, 1.165) is 18.9 Å². The van der Waals surface area contributed by atoms with Gasteiger partial charge < -0.3 is 9.84 Å². The summed E-state index contributed by atoms with van der Waals surface area (Å²) in [5.74, 6) is 1.08. The van der Waals surface area contributed by atoms with E-state index >= 15 is 0 Å². The minimum Gasteiger partial charge on any atom is -0.396 e. The summed E-state index contributed by atoms with van der Waals surface area (Å²) in [6, 6.07) is 0. The molecule has 1 unspecified atom stereocenters. The fourth-order valence-corrected chi connectivity index (χ4v) is 0.545. The van der Waals surface area contributed by atoms with Crippen molar-refractivity contribution in [1.29, 1.82) is 0 Å². The number of epoxide rings is 1. The Bertz CT molecular complexity index is 85.3. The number of rotatable bonds is 2. The fraction of sp³-hybridized carbons (Fsp3) is 1.00. The predicted molar refractivity (Wildman–Crippen MR) is 39.8 cm³/mol. The van der Waals surface area contributed by atoms with Crippen LogP contribution in [0.25, 0.3) is 0 Å². The first-order valence-electron chi connectivity index (χ1n) is 4.05. The quantitative estimate of drug-likeness (QED) is 0.590. The van der Waals surface area contributed by atoms with E-state index in [2.05, 4.69) is 6.92 Å². The Morgan fingerprint density at radius 3 is 2.10 bits per heavy atom. The lowest BCUT2D eigenvalue weighted by atomic mass is 10.4. The van der Waals surface area contributed by atoms with Crippen molar-refractivity contribution in [3.05, 3.63) is 0 Å². The van der Waals surface area contributed by atoms with Crippen LogP contribution in [0, 0.1) is 5.92 Å². The first-order valence-corrected chi connectivity index (χ1v) is 4.05. The number of ether oxygens (including phenoxy) is 1. The van der Waals surface area contributed by atoms with Crippen molar-refractivity contribution >= 4 is 0 Å². The highest BCUT2D eigenvalue weighted by molar-refractivity contribution is 4.66. The monoisotopic (exact) mass is 144 g/mol. The molecule has 1 aliphatic heterocycles. The molecule has 0 spiro atoms. The molecule has 1 saturated heterocycles. The molecule has 10 heavy (non-hydrogen) atoms. The van der Waals surface area contributed by atoms with Gasteiger partial charge in [0, 0.05) is 6.61 Å². The smallest absolute Gasteiger partial charge is 0.0831 e. The van der Waals surface area contributed by atoms with Gasteiger partial charge in [-0.1, -0.05) is 19.8 Å². The molecule has 2 nitrogen and oxygen atoms in total. The van der Waals surface area contributed by atoms with Gasteiger partial charge in [0.25, 0.3) is 0 Å². The molecular formula is C8H16O2. The minimum absolute atomic E-state index is 0.269. The standard InChI is InChI=1S/C4H8O2.C4H8/c5-2-1-4-3-6-4;1-4-2-3-4/h4-5H,1-3H2;4H,2-3H2,1H3. The number of aliphatic hydroxyl groups is 1. The number of hydrogen-bond donors (Lipinski definition) is 1. The van der Waals surface area contributed by atoms with Crippen molar-refractivity contribution < 1.29 is 9.84 Å². The lowest BCUT2D eigenvalue weighted by molar-refractivity contribution is 0.264. The summed E-state index contributed by atoms with van der Waals surface area (Å²) in [6.07, 6.45) is 4.19. The van der Waals surface area contributed by atoms with Crippen LogP contribution in [-0.4, -0.2) is 24.4 Å². The molecule has 0 amide bonds. The second-order valence-electron chi connectivity index (χ2n) is 3.15. The molecular weight excluding hydrogens is 128 g/mol. The van der Waals surface area contributed by atoms with Crippen LogP contribution in [0.3, 0.4) is 0 Å². The summed E-state index contributed by atoms with van der Waals surface area (Å²) < 4.78 is 4.79. The average Bonchev–Trinajstić information content (AvgIpc) is 2.68. The normalized spacial score (nSPS) is 28.8. The molecule has 0 aromatic rings. The highest BCUT2D eigenvalue weighted by Gasteiger charge is 2.20.